The van der Waals surface area contributed by atoms with E-state index < -0.39 is 6.10 Å². The fourth-order valence-corrected chi connectivity index (χ4v) is 4.44. The Balaban J connectivity index is 1.98. The lowest BCUT2D eigenvalue weighted by Crippen LogP contribution is -2.53. The minimum absolute atomic E-state index is 0.184. The molecule has 0 bridgehead atoms. The Morgan fingerprint density at radius 3 is 2.58 bits per heavy atom. The number of β-amino-alcohol motifs (C(OH)–C–C–N with tert-alkyl or cyclic N) is 1. The summed E-state index contributed by atoms with van der Waals surface area (Å²) in [5.41, 5.74) is 2.47. The first-order valence-corrected chi connectivity index (χ1v) is 11.7. The van der Waals surface area contributed by atoms with Gasteiger partial charge in [-0.1, -0.05) is 31.6 Å². The molecule has 1 saturated heterocycles. The van der Waals surface area contributed by atoms with Gasteiger partial charge in [-0.05, 0) is 59.0 Å². The predicted octanol–water partition coefficient (Wildman–Crippen LogP) is 3.20. The molecule has 1 aromatic rings. The van der Waals surface area contributed by atoms with Crippen LogP contribution in [0.3, 0.4) is 0 Å². The number of rotatable bonds is 10. The molecule has 4 atom stereocenters. The molecule has 0 amide bonds. The number of hydrogen-bond donors (Lipinski definition) is 1. The summed E-state index contributed by atoms with van der Waals surface area (Å²) < 4.78 is 9.22. The minimum Gasteiger partial charge on any atom is -0.390 e. The molecule has 1 aliphatic rings. The van der Waals surface area contributed by atoms with Gasteiger partial charge in [-0.3, -0.25) is 9.47 Å². The smallest absolute Gasteiger partial charge is 0.345 e. The molecule has 7 nitrogen and oxygen atoms in total. The minimum atomic E-state index is -0.641. The molecule has 0 spiro atoms. The lowest BCUT2D eigenvalue weighted by molar-refractivity contribution is -0.0471. The van der Waals surface area contributed by atoms with Gasteiger partial charge in [-0.25, -0.2) is 9.48 Å². The summed E-state index contributed by atoms with van der Waals surface area (Å²) in [5, 5.41) is 15.0. The molecule has 0 aliphatic carbocycles. The third-order valence-corrected chi connectivity index (χ3v) is 6.63. The Bertz CT molecular complexity index is 823. The predicted molar refractivity (Wildman–Crippen MR) is 125 cm³/mol. The van der Waals surface area contributed by atoms with Crippen molar-refractivity contribution in [2.45, 2.75) is 98.1 Å². The monoisotopic (exact) mass is 434 g/mol. The third-order valence-electron chi connectivity index (χ3n) is 6.63. The molecule has 2 heterocycles. The van der Waals surface area contributed by atoms with Crippen LogP contribution in [-0.4, -0.2) is 61.8 Å². The molecule has 1 N–H and O–H groups in total. The van der Waals surface area contributed by atoms with Gasteiger partial charge >= 0.3 is 5.69 Å². The Morgan fingerprint density at radius 1 is 1.32 bits per heavy atom. The number of aliphatic hydroxyl groups excluding tert-OH is 1. The van der Waals surface area contributed by atoms with Crippen molar-refractivity contribution in [2.75, 3.05) is 13.2 Å². The van der Waals surface area contributed by atoms with Gasteiger partial charge in [0.15, 0.2) is 0 Å². The maximum atomic E-state index is 12.2. The number of aryl methyl sites for hydroxylation is 1. The Morgan fingerprint density at radius 2 is 2.03 bits per heavy atom. The highest BCUT2D eigenvalue weighted by Crippen LogP contribution is 2.28. The Labute approximate surface area is 187 Å². The van der Waals surface area contributed by atoms with E-state index in [0.29, 0.717) is 31.1 Å². The molecule has 7 heteroatoms. The number of piperidine rings is 1. The van der Waals surface area contributed by atoms with E-state index in [2.05, 4.69) is 49.8 Å². The van der Waals surface area contributed by atoms with Crippen molar-refractivity contribution in [1.82, 2.24) is 19.2 Å². The molecule has 1 fully saturated rings. The summed E-state index contributed by atoms with van der Waals surface area (Å²) in [4.78, 5) is 14.6. The summed E-state index contributed by atoms with van der Waals surface area (Å²) >= 11 is 0. The number of allylic oxidation sites excluding steroid dienone is 2. The highest BCUT2D eigenvalue weighted by molar-refractivity contribution is 5.24. The van der Waals surface area contributed by atoms with Crippen LogP contribution >= 0.6 is 0 Å². The van der Waals surface area contributed by atoms with Crippen LogP contribution in [0, 0.1) is 6.92 Å². The van der Waals surface area contributed by atoms with Gasteiger partial charge in [0, 0.05) is 25.7 Å². The van der Waals surface area contributed by atoms with Gasteiger partial charge in [0.2, 0.25) is 0 Å². The van der Waals surface area contributed by atoms with Crippen LogP contribution in [0.1, 0.15) is 66.1 Å². The van der Waals surface area contributed by atoms with Gasteiger partial charge in [-0.2, -0.15) is 5.10 Å². The van der Waals surface area contributed by atoms with Crippen LogP contribution in [0.2, 0.25) is 0 Å². The number of hydrogen-bond acceptors (Lipinski definition) is 5. The van der Waals surface area contributed by atoms with Crippen molar-refractivity contribution in [3.63, 3.8) is 0 Å². The number of nitrogens with zero attached hydrogens (tertiary/aromatic N) is 4. The summed E-state index contributed by atoms with van der Waals surface area (Å²) in [5.74, 6) is 0.652. The van der Waals surface area contributed by atoms with E-state index in [1.807, 2.05) is 6.92 Å². The van der Waals surface area contributed by atoms with Crippen LogP contribution in [0.4, 0.5) is 0 Å². The first-order valence-electron chi connectivity index (χ1n) is 11.7. The van der Waals surface area contributed by atoms with Crippen LogP contribution < -0.4 is 5.69 Å². The largest absolute Gasteiger partial charge is 0.390 e. The SMILES string of the molecule is C/C=C\C(COC1CC(C)N(CC(O)Cn2nc(C)n(C)c2=O)C(CC)C1)=C(\C)CC. The topological polar surface area (TPSA) is 72.5 Å². The van der Waals surface area contributed by atoms with E-state index in [9.17, 15) is 9.90 Å². The second kappa shape index (κ2) is 11.8. The summed E-state index contributed by atoms with van der Waals surface area (Å²) in [7, 11) is 1.70. The fourth-order valence-electron chi connectivity index (χ4n) is 4.44. The molecule has 1 aromatic heterocycles. The van der Waals surface area contributed by atoms with Crippen molar-refractivity contribution in [3.05, 3.63) is 39.6 Å². The normalized spacial score (nSPS) is 24.6. The second-order valence-corrected chi connectivity index (χ2v) is 8.90. The van der Waals surface area contributed by atoms with E-state index in [4.69, 9.17) is 4.74 Å². The molecule has 1 aliphatic heterocycles. The first kappa shape index (κ1) is 25.6. The maximum absolute atomic E-state index is 12.2. The van der Waals surface area contributed by atoms with Gasteiger partial charge in [0.1, 0.15) is 5.82 Å². The molecule has 0 saturated carbocycles. The maximum Gasteiger partial charge on any atom is 0.345 e. The molecule has 0 radical (unpaired) electrons. The van der Waals surface area contributed by atoms with Gasteiger partial charge < -0.3 is 9.84 Å². The zero-order chi connectivity index (χ0) is 23.1. The van der Waals surface area contributed by atoms with Crippen molar-refractivity contribution >= 4 is 0 Å². The van der Waals surface area contributed by atoms with Crippen LogP contribution in [0.25, 0.3) is 0 Å². The second-order valence-electron chi connectivity index (χ2n) is 8.90. The van der Waals surface area contributed by atoms with Crippen molar-refractivity contribution in [3.8, 4) is 0 Å². The highest BCUT2D eigenvalue weighted by atomic mass is 16.5. The van der Waals surface area contributed by atoms with Crippen molar-refractivity contribution < 1.29 is 9.84 Å². The van der Waals surface area contributed by atoms with Gasteiger partial charge in [-0.15, -0.1) is 0 Å². The number of aromatic nitrogens is 3. The lowest BCUT2D eigenvalue weighted by atomic mass is 9.91. The molecule has 0 aromatic carbocycles. The molecule has 176 valence electrons. The average molecular weight is 435 g/mol. The zero-order valence-electron chi connectivity index (χ0n) is 20.5. The third kappa shape index (κ3) is 6.64. The first-order chi connectivity index (χ1) is 14.7. The van der Waals surface area contributed by atoms with E-state index in [1.54, 1.807) is 14.0 Å². The van der Waals surface area contributed by atoms with Crippen molar-refractivity contribution in [1.29, 1.82) is 0 Å². The Kier molecular flexibility index (Phi) is 9.72. The molecular weight excluding hydrogens is 392 g/mol. The highest BCUT2D eigenvalue weighted by Gasteiger charge is 2.34. The molecular formula is C24H42N4O3. The molecule has 2 rings (SSSR count). The Hall–Kier alpha value is -1.70. The van der Waals surface area contributed by atoms with E-state index >= 15 is 0 Å². The summed E-state index contributed by atoms with van der Waals surface area (Å²) in [6.07, 6.45) is 7.76. The number of likely N-dealkylation sites (tertiary alicyclic amines) is 1. The lowest BCUT2D eigenvalue weighted by Gasteiger charge is -2.44. The van der Waals surface area contributed by atoms with Gasteiger partial charge in [0.05, 0.1) is 25.4 Å². The summed E-state index contributed by atoms with van der Waals surface area (Å²) in [6, 6.07) is 0.661. The molecule has 31 heavy (non-hydrogen) atoms. The zero-order valence-corrected chi connectivity index (χ0v) is 20.5. The standard InChI is InChI=1S/C24H42N4O3/c1-8-11-20(17(4)9-2)16-31-23-12-18(5)27(21(10-3)13-23)14-22(29)15-28-24(30)26(7)19(6)25-28/h8,11,18,21-23,29H,9-10,12-16H2,1-7H3/b11-8-,20-17+. The van der Waals surface area contributed by atoms with E-state index in [0.717, 1.165) is 25.7 Å². The number of ether oxygens (including phenoxy) is 1. The van der Waals surface area contributed by atoms with Crippen molar-refractivity contribution in [2.24, 2.45) is 7.05 Å². The quantitative estimate of drug-likeness (QED) is 0.573. The molecule has 4 unspecified atom stereocenters. The van der Waals surface area contributed by atoms with E-state index in [-0.39, 0.29) is 18.3 Å². The summed E-state index contributed by atoms with van der Waals surface area (Å²) in [6.45, 7) is 14.0. The van der Waals surface area contributed by atoms with Crippen LogP contribution in [0.5, 0.6) is 0 Å². The number of aliphatic hydroxyl groups is 1. The average Bonchev–Trinajstić information content (AvgIpc) is 2.98. The van der Waals surface area contributed by atoms with Gasteiger partial charge in [0.25, 0.3) is 0 Å². The van der Waals surface area contributed by atoms with Crippen LogP contribution in [-0.2, 0) is 18.3 Å². The van der Waals surface area contributed by atoms with Crippen LogP contribution in [0.15, 0.2) is 28.1 Å². The van der Waals surface area contributed by atoms with E-state index in [1.165, 1.54) is 20.4 Å². The fraction of sp³-hybridized carbons (Fsp3) is 0.750.